The summed E-state index contributed by atoms with van der Waals surface area (Å²) in [4.78, 5) is 39.2. The molecule has 3 aromatic carbocycles. The van der Waals surface area contributed by atoms with E-state index in [0.717, 1.165) is 25.3 Å². The number of hydrogen-bond donors (Lipinski definition) is 1. The largest absolute Gasteiger partial charge is 0.451 e. The molecular formula is C24H12F2I6O9S. The van der Waals surface area contributed by atoms with Crippen molar-refractivity contribution in [1.82, 2.24) is 0 Å². The maximum atomic E-state index is 14.0. The van der Waals surface area contributed by atoms with Crippen LogP contribution in [-0.4, -0.2) is 42.2 Å². The van der Waals surface area contributed by atoms with Crippen molar-refractivity contribution in [3.05, 3.63) is 80.6 Å². The van der Waals surface area contributed by atoms with E-state index in [1.54, 1.807) is 24.3 Å². The first-order valence-electron chi connectivity index (χ1n) is 10.8. The van der Waals surface area contributed by atoms with Crippen molar-refractivity contribution in [2.45, 2.75) is 18.3 Å². The predicted octanol–water partition coefficient (Wildman–Crippen LogP) is 7.78. The third kappa shape index (κ3) is 8.93. The molecule has 0 aliphatic rings. The highest BCUT2D eigenvalue weighted by molar-refractivity contribution is 14.1. The molecule has 3 rings (SSSR count). The number of ether oxygens (including phenoxy) is 3. The quantitative estimate of drug-likeness (QED) is 0.104. The summed E-state index contributed by atoms with van der Waals surface area (Å²) in [6.07, 6.45) is -2.63. The van der Waals surface area contributed by atoms with Crippen molar-refractivity contribution < 1.29 is 50.3 Å². The Labute approximate surface area is 319 Å². The van der Waals surface area contributed by atoms with Crippen LogP contribution in [0.15, 0.2) is 42.5 Å². The minimum Gasteiger partial charge on any atom is -0.451 e. The van der Waals surface area contributed by atoms with Gasteiger partial charge in [-0.2, -0.15) is 17.2 Å². The highest BCUT2D eigenvalue weighted by Crippen LogP contribution is 2.33. The van der Waals surface area contributed by atoms with Crippen LogP contribution in [0.25, 0.3) is 0 Å². The molecule has 0 fully saturated rings. The maximum absolute atomic E-state index is 14.0. The zero-order valence-corrected chi connectivity index (χ0v) is 34.0. The van der Waals surface area contributed by atoms with E-state index in [-0.39, 0.29) is 22.6 Å². The molecule has 224 valence electrons. The average Bonchev–Trinajstić information content (AvgIpc) is 2.86. The van der Waals surface area contributed by atoms with E-state index in [1.807, 2.05) is 90.4 Å². The van der Waals surface area contributed by atoms with Gasteiger partial charge in [-0.25, -0.2) is 14.4 Å². The van der Waals surface area contributed by atoms with Gasteiger partial charge in [-0.05, 0) is 185 Å². The summed E-state index contributed by atoms with van der Waals surface area (Å²) in [6, 6.07) is 9.98. The summed E-state index contributed by atoms with van der Waals surface area (Å²) < 4.78 is 78.9. The number of alkyl halides is 2. The van der Waals surface area contributed by atoms with Gasteiger partial charge in [-0.3, -0.25) is 4.55 Å². The van der Waals surface area contributed by atoms with Gasteiger partial charge in [0.05, 0.1) is 31.0 Å². The SMILES string of the molecule is CC(OC(=O)c1cc(C(=O)Oc2c(I)cc(I)cc2I)cc(C(=O)Oc2c(I)cc(I)cc2I)c1)C(F)(F)S(=O)(=O)O. The molecule has 0 heterocycles. The second kappa shape index (κ2) is 14.8. The number of benzene rings is 3. The molecule has 0 amide bonds. The Kier molecular flexibility index (Phi) is 12.9. The fourth-order valence-corrected chi connectivity index (χ4v) is 11.1. The molecule has 1 atom stereocenters. The van der Waals surface area contributed by atoms with Gasteiger partial charge >= 0.3 is 33.3 Å². The molecule has 0 aliphatic carbocycles. The molecule has 18 heteroatoms. The van der Waals surface area contributed by atoms with Gasteiger partial charge in [0.1, 0.15) is 0 Å². The summed E-state index contributed by atoms with van der Waals surface area (Å²) in [5.41, 5.74) is -1.22. The van der Waals surface area contributed by atoms with Crippen LogP contribution in [0.1, 0.15) is 38.0 Å². The van der Waals surface area contributed by atoms with Crippen LogP contribution >= 0.6 is 136 Å². The van der Waals surface area contributed by atoms with E-state index in [4.69, 9.17) is 14.0 Å². The normalized spacial score (nSPS) is 12.4. The Bertz CT molecular complexity index is 1580. The number of hydrogen-bond acceptors (Lipinski definition) is 8. The second-order valence-corrected chi connectivity index (χ2v) is 16.7. The lowest BCUT2D eigenvalue weighted by Gasteiger charge is -2.21. The highest BCUT2D eigenvalue weighted by Gasteiger charge is 2.52. The van der Waals surface area contributed by atoms with Gasteiger partial charge in [-0.15, -0.1) is 0 Å². The van der Waals surface area contributed by atoms with Crippen LogP contribution < -0.4 is 9.47 Å². The van der Waals surface area contributed by atoms with Crippen LogP contribution in [0.3, 0.4) is 0 Å². The summed E-state index contributed by atoms with van der Waals surface area (Å²) in [7, 11) is -5.93. The van der Waals surface area contributed by atoms with E-state index in [2.05, 4.69) is 49.9 Å². The standard InChI is InChI=1S/C24H12F2I6O9S/c1-9(24(25,26)42(36,37)38)39-21(33)10-2-11(22(34)40-19-15(29)5-13(27)6-16(19)30)4-12(3-10)23(35)41-20-17(31)7-14(28)8-18(20)32/h2-9H,1H3,(H,36,37,38). The molecule has 1 N–H and O–H groups in total. The first-order valence-corrected chi connectivity index (χ1v) is 18.7. The molecule has 0 aromatic heterocycles. The smallest absolute Gasteiger partial charge is 0.405 e. The van der Waals surface area contributed by atoms with Gasteiger partial charge in [0, 0.05) is 7.14 Å². The fraction of sp³-hybridized carbons (Fsp3) is 0.125. The molecule has 3 aromatic rings. The van der Waals surface area contributed by atoms with Crippen molar-refractivity contribution in [3.63, 3.8) is 0 Å². The number of carbonyl (C=O) groups excluding carboxylic acids is 3. The summed E-state index contributed by atoms with van der Waals surface area (Å²) in [6.45, 7) is 0.556. The Morgan fingerprint density at radius 2 is 1.00 bits per heavy atom. The van der Waals surface area contributed by atoms with E-state index in [9.17, 15) is 31.6 Å². The molecule has 42 heavy (non-hydrogen) atoms. The van der Waals surface area contributed by atoms with Crippen LogP contribution in [0.2, 0.25) is 0 Å². The molecule has 0 bridgehead atoms. The monoisotopic (exact) mass is 1280 g/mol. The van der Waals surface area contributed by atoms with Crippen molar-refractivity contribution >= 4 is 164 Å². The summed E-state index contributed by atoms with van der Waals surface area (Å²) in [5, 5.41) is -4.84. The van der Waals surface area contributed by atoms with Gasteiger partial charge < -0.3 is 14.2 Å². The van der Waals surface area contributed by atoms with Gasteiger partial charge in [0.15, 0.2) is 17.6 Å². The van der Waals surface area contributed by atoms with E-state index in [1.165, 1.54) is 0 Å². The zero-order chi connectivity index (χ0) is 31.7. The lowest BCUT2D eigenvalue weighted by Crippen LogP contribution is -2.42. The number of halogens is 8. The fourth-order valence-electron chi connectivity index (χ4n) is 3.04. The molecule has 1 unspecified atom stereocenters. The third-order valence-corrected chi connectivity index (χ3v) is 10.5. The number of esters is 3. The van der Waals surface area contributed by atoms with E-state index < -0.39 is 44.9 Å². The van der Waals surface area contributed by atoms with Crippen molar-refractivity contribution in [2.75, 3.05) is 0 Å². The third-order valence-electron chi connectivity index (χ3n) is 5.06. The molecule has 0 radical (unpaired) electrons. The molecule has 0 saturated heterocycles. The number of carbonyl (C=O) groups is 3. The first-order chi connectivity index (χ1) is 19.3. The predicted molar refractivity (Wildman–Crippen MR) is 197 cm³/mol. The van der Waals surface area contributed by atoms with Gasteiger partial charge in [0.25, 0.3) is 0 Å². The van der Waals surface area contributed by atoms with Crippen molar-refractivity contribution in [2.24, 2.45) is 0 Å². The van der Waals surface area contributed by atoms with Crippen LogP contribution in [0, 0.1) is 21.4 Å². The second-order valence-electron chi connectivity index (χ2n) is 8.06. The molecule has 0 spiro atoms. The van der Waals surface area contributed by atoms with Gasteiger partial charge in [-0.1, -0.05) is 0 Å². The number of rotatable bonds is 8. The minimum absolute atomic E-state index is 0.211. The molecule has 9 nitrogen and oxygen atoms in total. The minimum atomic E-state index is -5.93. The lowest BCUT2D eigenvalue weighted by atomic mass is 10.1. The topological polar surface area (TPSA) is 133 Å². The Morgan fingerprint density at radius 1 is 0.690 bits per heavy atom. The van der Waals surface area contributed by atoms with Crippen molar-refractivity contribution in [3.8, 4) is 11.5 Å². The van der Waals surface area contributed by atoms with E-state index in [0.29, 0.717) is 21.2 Å². The maximum Gasteiger partial charge on any atom is 0.405 e. The Morgan fingerprint density at radius 3 is 1.31 bits per heavy atom. The van der Waals surface area contributed by atoms with Crippen LogP contribution in [-0.2, 0) is 14.9 Å². The van der Waals surface area contributed by atoms with Gasteiger partial charge in [0.2, 0.25) is 0 Å². The summed E-state index contributed by atoms with van der Waals surface area (Å²) >= 11 is 12.1. The lowest BCUT2D eigenvalue weighted by molar-refractivity contribution is -0.0549. The van der Waals surface area contributed by atoms with Crippen molar-refractivity contribution in [1.29, 1.82) is 0 Å². The summed E-state index contributed by atoms with van der Waals surface area (Å²) in [5.74, 6) is -3.08. The average molecular weight is 1280 g/mol. The van der Waals surface area contributed by atoms with E-state index >= 15 is 0 Å². The molecule has 0 aliphatic heterocycles. The Balaban J connectivity index is 2.06. The zero-order valence-electron chi connectivity index (χ0n) is 20.3. The Hall–Kier alpha value is 0.220. The van der Waals surface area contributed by atoms with Crippen LogP contribution in [0.4, 0.5) is 8.78 Å². The highest BCUT2D eigenvalue weighted by atomic mass is 127. The first kappa shape index (κ1) is 36.7. The molecule has 0 saturated carbocycles. The molecular weight excluding hydrogens is 1260 g/mol. The van der Waals surface area contributed by atoms with Crippen LogP contribution in [0.5, 0.6) is 11.5 Å².